The standard InChI is InChI=1S/C49H62N6O11/c1-24-13-12-14-25(2)47(62)51-39-38-37(52-49(53-38)16-18-54(19-17-49)20-21-55-26(3)23-50-31(55)8)34-35(43(39)60)42(59)30(7)45-36(34)46(61)48(10,66-45)64-22-15-33(63-11)27(4)44(65-32(9)56)29(6)41(58)28(5)40(24)57/h12-15,22-23,27-29,33,40-41,44,57-60H,1,16-21H2,2-11H3,(H,51,62)/t27-,28-,29-,33+,40+,41-,44-,48+/m1/s1. The lowest BCUT2D eigenvalue weighted by atomic mass is 9.79. The van der Waals surface area contributed by atoms with Crippen LogP contribution in [-0.2, 0) is 30.3 Å². The van der Waals surface area contributed by atoms with Crippen molar-refractivity contribution in [2.24, 2.45) is 27.7 Å². The smallest absolute Gasteiger partial charge is 0.312 e. The lowest BCUT2D eigenvalue weighted by Gasteiger charge is -2.37. The molecule has 1 aromatic heterocycles. The van der Waals surface area contributed by atoms with Gasteiger partial charge >= 0.3 is 11.8 Å². The summed E-state index contributed by atoms with van der Waals surface area (Å²) in [6, 6.07) is 0. The lowest BCUT2D eigenvalue weighted by Crippen LogP contribution is -2.46. The van der Waals surface area contributed by atoms with Crippen molar-refractivity contribution in [3.63, 3.8) is 0 Å². The van der Waals surface area contributed by atoms with Crippen molar-refractivity contribution in [3.8, 4) is 17.2 Å². The highest BCUT2D eigenvalue weighted by molar-refractivity contribution is 6.19. The number of hydrogen-bond acceptors (Lipinski definition) is 15. The SMILES string of the molecule is C=C1C=CC=C(C)C(=O)Nc2c(O)c3c(O)c(C)c4c(c3c3c2=NC2(CCN(CCn5c(C)cnc5C)CC2)N=3)C(=O)[C@@](C)(OC=C[C@H](OC)[C@@H](C)[C@@H](OC(C)=O)[C@H](C)[C@H](O)[C@H](C)[C@H]1O)O4. The van der Waals surface area contributed by atoms with Gasteiger partial charge in [-0.05, 0) is 39.3 Å². The van der Waals surface area contributed by atoms with E-state index in [-0.39, 0.29) is 55.2 Å². The average molecular weight is 911 g/mol. The van der Waals surface area contributed by atoms with Crippen molar-refractivity contribution < 1.29 is 53.8 Å². The number of aryl methyl sites for hydroxylation is 2. The van der Waals surface area contributed by atoms with E-state index in [4.69, 9.17) is 28.9 Å². The van der Waals surface area contributed by atoms with Gasteiger partial charge in [0.1, 0.15) is 34.5 Å². The van der Waals surface area contributed by atoms with Gasteiger partial charge in [-0.15, -0.1) is 0 Å². The number of nitrogens with zero attached hydrogens (tertiary/aromatic N) is 5. The molecule has 66 heavy (non-hydrogen) atoms. The van der Waals surface area contributed by atoms with Crippen molar-refractivity contribution in [1.82, 2.24) is 14.5 Å². The predicted octanol–water partition coefficient (Wildman–Crippen LogP) is 4.53. The zero-order chi connectivity index (χ0) is 48.2. The number of carbonyl (C=O) groups excluding carboxylic acids is 3. The minimum atomic E-state index is -1.98. The predicted molar refractivity (Wildman–Crippen MR) is 245 cm³/mol. The number of allylic oxidation sites excluding steroid dienone is 2. The van der Waals surface area contributed by atoms with E-state index in [1.165, 1.54) is 51.5 Å². The Hall–Kier alpha value is -5.88. The molecule has 6 heterocycles. The molecule has 5 aliphatic heterocycles. The van der Waals surface area contributed by atoms with Crippen LogP contribution in [0.4, 0.5) is 5.69 Å². The van der Waals surface area contributed by atoms with Crippen molar-refractivity contribution in [2.75, 3.05) is 32.1 Å². The Kier molecular flexibility index (Phi) is 13.4. The fourth-order valence-corrected chi connectivity index (χ4v) is 9.65. The van der Waals surface area contributed by atoms with E-state index in [0.29, 0.717) is 25.9 Å². The zero-order valence-corrected chi connectivity index (χ0v) is 39.3. The average Bonchev–Trinajstić information content (AvgIpc) is 3.91. The van der Waals surface area contributed by atoms with Gasteiger partial charge < -0.3 is 54.2 Å². The number of imidazole rings is 1. The van der Waals surface area contributed by atoms with E-state index < -0.39 is 82.8 Å². The molecule has 17 heteroatoms. The Labute approximate surface area is 383 Å². The quantitative estimate of drug-likeness (QED) is 0.176. The Bertz CT molecular complexity index is 2680. The highest BCUT2D eigenvalue weighted by atomic mass is 16.7. The number of aromatic nitrogens is 2. The van der Waals surface area contributed by atoms with Gasteiger partial charge in [0.2, 0.25) is 0 Å². The Morgan fingerprint density at radius 1 is 0.985 bits per heavy atom. The number of phenols is 2. The minimum Gasteiger partial charge on any atom is -0.507 e. The monoisotopic (exact) mass is 910 g/mol. The zero-order valence-electron chi connectivity index (χ0n) is 39.3. The first kappa shape index (κ1) is 48.1. The molecule has 5 aliphatic rings. The van der Waals surface area contributed by atoms with Crippen LogP contribution in [-0.4, -0.2) is 115 Å². The number of rotatable bonds is 5. The van der Waals surface area contributed by atoms with Crippen molar-refractivity contribution in [1.29, 1.82) is 0 Å². The van der Waals surface area contributed by atoms with Crippen molar-refractivity contribution >= 4 is 34.1 Å². The summed E-state index contributed by atoms with van der Waals surface area (Å²) in [5, 5.41) is 50.2. The number of aliphatic hydroxyl groups excluding tert-OH is 2. The van der Waals surface area contributed by atoms with Crippen LogP contribution in [0.15, 0.2) is 64.5 Å². The number of hydrogen-bond donors (Lipinski definition) is 5. The first-order valence-electron chi connectivity index (χ1n) is 22.4. The number of Topliss-reactive ketones (excluding diaryl/α,β-unsaturated/α-hetero) is 1. The third-order valence-corrected chi connectivity index (χ3v) is 13.9. The molecule has 5 bridgehead atoms. The molecule has 354 valence electrons. The van der Waals surface area contributed by atoms with E-state index in [1.54, 1.807) is 34.6 Å². The Morgan fingerprint density at radius 3 is 2.30 bits per heavy atom. The number of piperidine rings is 1. The number of amides is 1. The fourth-order valence-electron chi connectivity index (χ4n) is 9.65. The molecule has 0 aliphatic carbocycles. The number of methoxy groups -OCH3 is 1. The maximum absolute atomic E-state index is 14.8. The van der Waals surface area contributed by atoms with Crippen LogP contribution < -0.4 is 20.8 Å². The molecule has 1 saturated heterocycles. The molecule has 8 rings (SSSR count). The van der Waals surface area contributed by atoms with Crippen molar-refractivity contribution in [2.45, 2.75) is 118 Å². The van der Waals surface area contributed by atoms with Gasteiger partial charge in [0, 0.05) is 106 Å². The number of nitrogens with one attached hydrogen (secondary N) is 1. The maximum Gasteiger partial charge on any atom is 0.312 e. The Balaban J connectivity index is 1.35. The Morgan fingerprint density at radius 2 is 1.67 bits per heavy atom. The molecule has 1 spiro atoms. The molecule has 0 radical (unpaired) electrons. The normalized spacial score (nSPS) is 28.2. The highest BCUT2D eigenvalue weighted by Crippen LogP contribution is 2.50. The molecule has 1 amide bonds. The number of benzene rings is 2. The number of ketones is 1. The molecule has 1 fully saturated rings. The summed E-state index contributed by atoms with van der Waals surface area (Å²) >= 11 is 0. The van der Waals surface area contributed by atoms with Gasteiger partial charge in [-0.25, -0.2) is 4.98 Å². The van der Waals surface area contributed by atoms with Gasteiger partial charge in [0.05, 0.1) is 40.9 Å². The van der Waals surface area contributed by atoms with Gasteiger partial charge in [-0.2, -0.15) is 0 Å². The molecule has 0 saturated carbocycles. The topological polar surface area (TPSA) is 227 Å². The summed E-state index contributed by atoms with van der Waals surface area (Å²) in [5.41, 5.74) is 0.573. The van der Waals surface area contributed by atoms with Crippen LogP contribution in [0.1, 0.15) is 81.8 Å². The second-order valence-corrected chi connectivity index (χ2v) is 18.3. The van der Waals surface area contributed by atoms with Gasteiger partial charge in [0.15, 0.2) is 11.4 Å². The van der Waals surface area contributed by atoms with Crippen LogP contribution in [0.2, 0.25) is 0 Å². The summed E-state index contributed by atoms with van der Waals surface area (Å²) in [6.45, 7) is 21.7. The summed E-state index contributed by atoms with van der Waals surface area (Å²) in [5.74, 6) is -5.85. The molecule has 0 unspecified atom stereocenters. The van der Waals surface area contributed by atoms with Gasteiger partial charge in [-0.1, -0.05) is 45.6 Å². The molecule has 8 atom stereocenters. The number of esters is 1. The van der Waals surface area contributed by atoms with Crippen LogP contribution in [0.25, 0.3) is 10.8 Å². The van der Waals surface area contributed by atoms with Crippen LogP contribution in [0.5, 0.6) is 17.2 Å². The summed E-state index contributed by atoms with van der Waals surface area (Å²) in [4.78, 5) is 58.3. The second-order valence-electron chi connectivity index (χ2n) is 18.3. The fraction of sp³-hybridized carbons (Fsp3) is 0.510. The molecule has 17 nitrogen and oxygen atoms in total. The third kappa shape index (κ3) is 8.64. The molecule has 2 aromatic carbocycles. The number of carbonyl (C=O) groups is 3. The van der Waals surface area contributed by atoms with Crippen molar-refractivity contribution in [3.05, 3.63) is 87.8 Å². The number of phenolic OH excluding ortho intramolecular Hbond substituents is 2. The lowest BCUT2D eigenvalue weighted by molar-refractivity contribution is -0.160. The van der Waals surface area contributed by atoms with Crippen LogP contribution in [0, 0.1) is 38.5 Å². The maximum atomic E-state index is 14.8. The van der Waals surface area contributed by atoms with E-state index in [1.807, 2.05) is 20.0 Å². The van der Waals surface area contributed by atoms with Gasteiger partial charge in [0.25, 0.3) is 11.7 Å². The van der Waals surface area contributed by atoms with E-state index in [2.05, 4.69) is 26.3 Å². The van der Waals surface area contributed by atoms with Gasteiger partial charge in [-0.3, -0.25) is 24.4 Å². The number of aromatic hydroxyl groups is 2. The van der Waals surface area contributed by atoms with E-state index in [9.17, 15) is 34.8 Å². The number of anilines is 1. The number of likely N-dealkylation sites (tertiary alicyclic amines) is 1. The highest BCUT2D eigenvalue weighted by Gasteiger charge is 2.50. The molecule has 5 N–H and O–H groups in total. The van der Waals surface area contributed by atoms with Crippen LogP contribution >= 0.6 is 0 Å². The summed E-state index contributed by atoms with van der Waals surface area (Å²) in [7, 11) is 1.45. The first-order valence-corrected chi connectivity index (χ1v) is 22.4. The number of aliphatic hydroxyl groups is 2. The first-order chi connectivity index (χ1) is 31.1. The summed E-state index contributed by atoms with van der Waals surface area (Å²) in [6.07, 6.45) is 6.05. The van der Waals surface area contributed by atoms with E-state index in [0.717, 1.165) is 24.6 Å². The van der Waals surface area contributed by atoms with Crippen LogP contribution in [0.3, 0.4) is 0 Å². The largest absolute Gasteiger partial charge is 0.507 e. The number of fused-ring (bicyclic) bond motifs is 13. The molecular formula is C49H62N6O11. The second kappa shape index (κ2) is 18.4. The minimum absolute atomic E-state index is 0.0155. The van der Waals surface area contributed by atoms with E-state index >= 15 is 0 Å². The number of ether oxygens (including phenoxy) is 4. The molecule has 3 aromatic rings. The third-order valence-electron chi connectivity index (χ3n) is 13.9. The molecular weight excluding hydrogens is 849 g/mol. The summed E-state index contributed by atoms with van der Waals surface area (Å²) < 4.78 is 26.2.